The smallest absolute Gasteiger partial charge is 0.305 e. The number of methoxy groups -OCH3 is 1. The van der Waals surface area contributed by atoms with Crippen LogP contribution in [0.2, 0.25) is 0 Å². The molecule has 7 heteroatoms. The summed E-state index contributed by atoms with van der Waals surface area (Å²) >= 11 is 0. The van der Waals surface area contributed by atoms with Crippen LogP contribution in [0.15, 0.2) is 24.3 Å². The molecular formula is C34H56O7. The highest BCUT2D eigenvalue weighted by Gasteiger charge is 2.43. The normalized spacial score (nSPS) is 35.7. The molecule has 2 saturated carbocycles. The first kappa shape index (κ1) is 32.7. The quantitative estimate of drug-likeness (QED) is 0.137. The van der Waals surface area contributed by atoms with Gasteiger partial charge in [0.15, 0.2) is 12.6 Å². The van der Waals surface area contributed by atoms with Crippen LogP contribution < -0.4 is 0 Å². The van der Waals surface area contributed by atoms with Gasteiger partial charge in [-0.05, 0) is 88.4 Å². The van der Waals surface area contributed by atoms with E-state index >= 15 is 0 Å². The zero-order valence-electron chi connectivity index (χ0n) is 25.6. The standard InChI is InChI=1S/C34H56O7/c1-3-25-16-18-26(19-17-25)30(40-33-14-8-10-22-38-33)21-20-28-27(12-6-4-5-7-13-32(36)37-2)29(35)24-31(28)41-34-15-9-11-23-39-34/h4,6,20-21,25-31,33-35H,3,5,7-19,22-24H2,1-2H3/b6-4-,21-20+/t25?,26?,27-,28-,29+,30+,31-,33?,34?/m1/s1. The lowest BCUT2D eigenvalue weighted by molar-refractivity contribution is -0.193. The van der Waals surface area contributed by atoms with Crippen molar-refractivity contribution in [3.8, 4) is 0 Å². The zero-order valence-corrected chi connectivity index (χ0v) is 25.6. The van der Waals surface area contributed by atoms with Gasteiger partial charge < -0.3 is 28.8 Å². The number of carbonyl (C=O) groups excluding carboxylic acids is 1. The molecule has 4 rings (SSSR count). The molecule has 234 valence electrons. The van der Waals surface area contributed by atoms with Crippen LogP contribution in [-0.4, -0.2) is 62.3 Å². The predicted octanol–water partition coefficient (Wildman–Crippen LogP) is 6.87. The molecule has 2 heterocycles. The van der Waals surface area contributed by atoms with Gasteiger partial charge in [0, 0.05) is 32.0 Å². The fraction of sp³-hybridized carbons (Fsp3) is 0.853. The zero-order chi connectivity index (χ0) is 28.9. The number of ether oxygens (including phenoxy) is 5. The Balaban J connectivity index is 1.45. The Labute approximate surface area is 248 Å². The van der Waals surface area contributed by atoms with Crippen LogP contribution in [0.5, 0.6) is 0 Å². The maximum Gasteiger partial charge on any atom is 0.305 e. The van der Waals surface area contributed by atoms with E-state index in [1.807, 2.05) is 0 Å². The van der Waals surface area contributed by atoms with Crippen LogP contribution in [0.25, 0.3) is 0 Å². The fourth-order valence-electron chi connectivity index (χ4n) is 7.15. The van der Waals surface area contributed by atoms with Crippen molar-refractivity contribution in [3.05, 3.63) is 24.3 Å². The molecule has 0 aromatic rings. The van der Waals surface area contributed by atoms with Gasteiger partial charge in [-0.1, -0.05) is 50.5 Å². The number of esters is 1. The van der Waals surface area contributed by atoms with E-state index in [1.165, 1.54) is 39.2 Å². The number of aliphatic hydroxyl groups is 1. The third kappa shape index (κ3) is 10.5. The van der Waals surface area contributed by atoms with Gasteiger partial charge >= 0.3 is 5.97 Å². The third-order valence-corrected chi connectivity index (χ3v) is 9.81. The number of allylic oxidation sites excluding steroid dienone is 2. The fourth-order valence-corrected chi connectivity index (χ4v) is 7.15. The summed E-state index contributed by atoms with van der Waals surface area (Å²) in [4.78, 5) is 11.4. The summed E-state index contributed by atoms with van der Waals surface area (Å²) in [5, 5.41) is 11.2. The molecule has 7 nitrogen and oxygen atoms in total. The minimum absolute atomic E-state index is 0.0229. The number of hydrogen-bond donors (Lipinski definition) is 1. The summed E-state index contributed by atoms with van der Waals surface area (Å²) < 4.78 is 29.9. The van der Waals surface area contributed by atoms with Crippen molar-refractivity contribution >= 4 is 5.97 Å². The van der Waals surface area contributed by atoms with Gasteiger partial charge in [-0.3, -0.25) is 4.79 Å². The lowest BCUT2D eigenvalue weighted by atomic mass is 9.78. The first-order chi connectivity index (χ1) is 20.1. The van der Waals surface area contributed by atoms with Crippen LogP contribution in [0.4, 0.5) is 0 Å². The van der Waals surface area contributed by atoms with E-state index in [-0.39, 0.29) is 42.6 Å². The molecule has 2 aliphatic carbocycles. The predicted molar refractivity (Wildman–Crippen MR) is 159 cm³/mol. The summed E-state index contributed by atoms with van der Waals surface area (Å²) in [7, 11) is 1.43. The number of rotatable bonds is 14. The molecule has 1 N–H and O–H groups in total. The van der Waals surface area contributed by atoms with Gasteiger partial charge in [-0.25, -0.2) is 0 Å². The monoisotopic (exact) mass is 576 g/mol. The molecule has 7 atom stereocenters. The second-order valence-electron chi connectivity index (χ2n) is 12.7. The minimum atomic E-state index is -0.431. The van der Waals surface area contributed by atoms with Crippen LogP contribution >= 0.6 is 0 Å². The van der Waals surface area contributed by atoms with Gasteiger partial charge in [-0.2, -0.15) is 0 Å². The Kier molecular flexibility index (Phi) is 14.2. The molecule has 0 aromatic carbocycles. The molecule has 4 fully saturated rings. The second-order valence-corrected chi connectivity index (χ2v) is 12.7. The highest BCUT2D eigenvalue weighted by Crippen LogP contribution is 2.41. The van der Waals surface area contributed by atoms with E-state index in [9.17, 15) is 9.90 Å². The summed E-state index contributed by atoms with van der Waals surface area (Å²) in [6.07, 6.45) is 24.1. The van der Waals surface area contributed by atoms with Gasteiger partial charge in [-0.15, -0.1) is 0 Å². The van der Waals surface area contributed by atoms with Gasteiger partial charge in [0.1, 0.15) is 0 Å². The van der Waals surface area contributed by atoms with Gasteiger partial charge in [0.25, 0.3) is 0 Å². The van der Waals surface area contributed by atoms with Crippen LogP contribution in [-0.2, 0) is 28.5 Å². The van der Waals surface area contributed by atoms with Crippen molar-refractivity contribution in [1.82, 2.24) is 0 Å². The highest BCUT2D eigenvalue weighted by molar-refractivity contribution is 5.69. The van der Waals surface area contributed by atoms with Gasteiger partial charge in [0.2, 0.25) is 0 Å². The van der Waals surface area contributed by atoms with Crippen LogP contribution in [0, 0.1) is 23.7 Å². The maximum atomic E-state index is 11.4. The molecule has 0 amide bonds. The summed E-state index contributed by atoms with van der Waals surface area (Å²) in [6.45, 7) is 3.84. The van der Waals surface area contributed by atoms with Crippen molar-refractivity contribution in [2.45, 2.75) is 141 Å². The third-order valence-electron chi connectivity index (χ3n) is 9.81. The Hall–Kier alpha value is -1.25. The van der Waals surface area contributed by atoms with E-state index in [0.29, 0.717) is 18.8 Å². The van der Waals surface area contributed by atoms with E-state index in [2.05, 4.69) is 31.2 Å². The molecule has 4 aliphatic rings. The van der Waals surface area contributed by atoms with Crippen molar-refractivity contribution in [2.24, 2.45) is 23.7 Å². The molecule has 41 heavy (non-hydrogen) atoms. The molecular weight excluding hydrogens is 520 g/mol. The first-order valence-corrected chi connectivity index (χ1v) is 16.7. The Morgan fingerprint density at radius 3 is 2.37 bits per heavy atom. The Morgan fingerprint density at radius 2 is 1.71 bits per heavy atom. The number of hydrogen-bond acceptors (Lipinski definition) is 7. The number of carbonyl (C=O) groups is 1. The lowest BCUT2D eigenvalue weighted by Crippen LogP contribution is -2.34. The molecule has 0 bridgehead atoms. The van der Waals surface area contributed by atoms with Crippen molar-refractivity contribution < 1.29 is 33.6 Å². The highest BCUT2D eigenvalue weighted by atomic mass is 16.7. The molecule has 0 aromatic heterocycles. The average Bonchev–Trinajstić information content (AvgIpc) is 3.30. The molecule has 2 aliphatic heterocycles. The van der Waals surface area contributed by atoms with Crippen LogP contribution in [0.3, 0.4) is 0 Å². The van der Waals surface area contributed by atoms with Crippen molar-refractivity contribution in [3.63, 3.8) is 0 Å². The Morgan fingerprint density at radius 1 is 0.976 bits per heavy atom. The van der Waals surface area contributed by atoms with Gasteiger partial charge in [0.05, 0.1) is 25.4 Å². The average molecular weight is 577 g/mol. The van der Waals surface area contributed by atoms with E-state index in [1.54, 1.807) is 0 Å². The lowest BCUT2D eigenvalue weighted by Gasteiger charge is -2.35. The maximum absolute atomic E-state index is 11.4. The summed E-state index contributed by atoms with van der Waals surface area (Å²) in [5.41, 5.74) is 0. The molecule has 2 unspecified atom stereocenters. The Bertz CT molecular complexity index is 793. The van der Waals surface area contributed by atoms with E-state index in [4.69, 9.17) is 23.7 Å². The molecule has 0 radical (unpaired) electrons. The summed E-state index contributed by atoms with van der Waals surface area (Å²) in [5.74, 6) is 1.32. The largest absolute Gasteiger partial charge is 0.469 e. The number of aliphatic hydroxyl groups excluding tert-OH is 1. The number of unbranched alkanes of at least 4 members (excludes halogenated alkanes) is 1. The van der Waals surface area contributed by atoms with Crippen molar-refractivity contribution in [2.75, 3.05) is 20.3 Å². The van der Waals surface area contributed by atoms with E-state index in [0.717, 1.165) is 76.9 Å². The summed E-state index contributed by atoms with van der Waals surface area (Å²) in [6, 6.07) is 0. The second kappa shape index (κ2) is 17.8. The SMILES string of the molecule is CCC1CCC([C@H](/C=C/[C@@H]2[C@@H](C/C=C\CCCC(=O)OC)[C@@H](O)C[C@H]2OC2CCCCO2)OC2CCCCO2)CC1. The van der Waals surface area contributed by atoms with E-state index < -0.39 is 6.10 Å². The minimum Gasteiger partial charge on any atom is -0.469 e. The molecule has 0 spiro atoms. The molecule has 2 saturated heterocycles. The van der Waals surface area contributed by atoms with Crippen molar-refractivity contribution in [1.29, 1.82) is 0 Å². The first-order valence-electron chi connectivity index (χ1n) is 16.7. The topological polar surface area (TPSA) is 83.5 Å². The van der Waals surface area contributed by atoms with Crippen LogP contribution in [0.1, 0.15) is 110 Å².